The SMILES string of the molecule is CCC1(CC)CNCC(c2cc(C)c(C)cc2C)O1. The van der Waals surface area contributed by atoms with Crippen LogP contribution in [0.4, 0.5) is 0 Å². The molecule has 2 rings (SSSR count). The fourth-order valence-corrected chi connectivity index (χ4v) is 2.99. The molecule has 19 heavy (non-hydrogen) atoms. The molecule has 1 saturated heterocycles. The van der Waals surface area contributed by atoms with E-state index in [9.17, 15) is 0 Å². The number of morpholine rings is 1. The van der Waals surface area contributed by atoms with Crippen LogP contribution < -0.4 is 5.32 Å². The van der Waals surface area contributed by atoms with Crippen LogP contribution in [0.3, 0.4) is 0 Å². The van der Waals surface area contributed by atoms with E-state index in [4.69, 9.17) is 4.74 Å². The normalized spacial score (nSPS) is 22.5. The Morgan fingerprint density at radius 2 is 1.74 bits per heavy atom. The average molecular weight is 261 g/mol. The molecular formula is C17H27NO. The van der Waals surface area contributed by atoms with Crippen molar-refractivity contribution in [3.63, 3.8) is 0 Å². The number of hydrogen-bond acceptors (Lipinski definition) is 2. The molecule has 0 aromatic heterocycles. The summed E-state index contributed by atoms with van der Waals surface area (Å²) in [4.78, 5) is 0. The average Bonchev–Trinajstić information content (AvgIpc) is 2.43. The van der Waals surface area contributed by atoms with Crippen LogP contribution in [0.15, 0.2) is 12.1 Å². The van der Waals surface area contributed by atoms with E-state index in [2.05, 4.69) is 52.1 Å². The lowest BCUT2D eigenvalue weighted by Crippen LogP contribution is -2.50. The van der Waals surface area contributed by atoms with Gasteiger partial charge in [-0.3, -0.25) is 0 Å². The Hall–Kier alpha value is -0.860. The summed E-state index contributed by atoms with van der Waals surface area (Å²) in [5.41, 5.74) is 5.42. The van der Waals surface area contributed by atoms with Gasteiger partial charge < -0.3 is 10.1 Å². The van der Waals surface area contributed by atoms with Crippen molar-refractivity contribution in [3.05, 3.63) is 34.4 Å². The van der Waals surface area contributed by atoms with Gasteiger partial charge in [-0.05, 0) is 55.9 Å². The smallest absolute Gasteiger partial charge is 0.0960 e. The van der Waals surface area contributed by atoms with Gasteiger partial charge in [-0.15, -0.1) is 0 Å². The Kier molecular flexibility index (Phi) is 4.32. The van der Waals surface area contributed by atoms with Gasteiger partial charge in [-0.25, -0.2) is 0 Å². The van der Waals surface area contributed by atoms with Gasteiger partial charge in [0, 0.05) is 13.1 Å². The summed E-state index contributed by atoms with van der Waals surface area (Å²) in [6.07, 6.45) is 2.32. The molecule has 106 valence electrons. The van der Waals surface area contributed by atoms with Gasteiger partial charge >= 0.3 is 0 Å². The standard InChI is InChI=1S/C17H27NO/c1-6-17(7-2)11-18-10-16(19-17)15-9-13(4)12(3)8-14(15)5/h8-9,16,18H,6-7,10-11H2,1-5H3. The Morgan fingerprint density at radius 1 is 1.11 bits per heavy atom. The highest BCUT2D eigenvalue weighted by Crippen LogP contribution is 2.33. The summed E-state index contributed by atoms with van der Waals surface area (Å²) in [7, 11) is 0. The minimum Gasteiger partial charge on any atom is -0.364 e. The maximum Gasteiger partial charge on any atom is 0.0960 e. The van der Waals surface area contributed by atoms with Crippen molar-refractivity contribution in [2.24, 2.45) is 0 Å². The van der Waals surface area contributed by atoms with Crippen LogP contribution in [0.1, 0.15) is 55.0 Å². The molecule has 0 radical (unpaired) electrons. The van der Waals surface area contributed by atoms with Crippen LogP contribution in [-0.4, -0.2) is 18.7 Å². The molecule has 0 saturated carbocycles. The number of ether oxygens (including phenoxy) is 1. The van der Waals surface area contributed by atoms with E-state index in [1.807, 2.05) is 0 Å². The summed E-state index contributed by atoms with van der Waals surface area (Å²) in [6, 6.07) is 4.58. The molecule has 1 aliphatic heterocycles. The zero-order chi connectivity index (χ0) is 14.0. The molecule has 1 aromatic rings. The van der Waals surface area contributed by atoms with Gasteiger partial charge in [-0.2, -0.15) is 0 Å². The minimum atomic E-state index is 0.00808. The number of nitrogens with one attached hydrogen (secondary N) is 1. The first-order valence-electron chi connectivity index (χ1n) is 7.47. The summed E-state index contributed by atoms with van der Waals surface area (Å²) < 4.78 is 6.47. The first kappa shape index (κ1) is 14.5. The van der Waals surface area contributed by atoms with E-state index in [1.54, 1.807) is 0 Å². The van der Waals surface area contributed by atoms with Crippen molar-refractivity contribution < 1.29 is 4.74 Å². The Balaban J connectivity index is 2.29. The molecule has 0 bridgehead atoms. The lowest BCUT2D eigenvalue weighted by atomic mass is 9.91. The highest BCUT2D eigenvalue weighted by atomic mass is 16.5. The van der Waals surface area contributed by atoms with Crippen LogP contribution in [0.5, 0.6) is 0 Å². The van der Waals surface area contributed by atoms with Crippen LogP contribution in [0.2, 0.25) is 0 Å². The van der Waals surface area contributed by atoms with Gasteiger partial charge in [0.15, 0.2) is 0 Å². The first-order valence-corrected chi connectivity index (χ1v) is 7.47. The summed E-state index contributed by atoms with van der Waals surface area (Å²) in [5, 5.41) is 3.56. The van der Waals surface area contributed by atoms with Gasteiger partial charge in [-0.1, -0.05) is 26.0 Å². The molecule has 0 aliphatic carbocycles. The maximum absolute atomic E-state index is 6.47. The number of aryl methyl sites for hydroxylation is 3. The fraction of sp³-hybridized carbons (Fsp3) is 0.647. The third-order valence-electron chi connectivity index (χ3n) is 4.69. The predicted octanol–water partition coefficient (Wildman–Crippen LogP) is 3.83. The third-order valence-corrected chi connectivity index (χ3v) is 4.69. The molecule has 1 aromatic carbocycles. The zero-order valence-electron chi connectivity index (χ0n) is 13.0. The Morgan fingerprint density at radius 3 is 2.37 bits per heavy atom. The van der Waals surface area contributed by atoms with Crippen molar-refractivity contribution >= 4 is 0 Å². The Bertz CT molecular complexity index is 449. The molecule has 1 aliphatic rings. The molecule has 1 unspecified atom stereocenters. The zero-order valence-corrected chi connectivity index (χ0v) is 13.0. The van der Waals surface area contributed by atoms with Crippen LogP contribution in [0, 0.1) is 20.8 Å². The molecule has 1 atom stereocenters. The molecule has 1 fully saturated rings. The van der Waals surface area contributed by atoms with Crippen molar-refractivity contribution in [2.75, 3.05) is 13.1 Å². The van der Waals surface area contributed by atoms with Crippen molar-refractivity contribution in [2.45, 2.75) is 59.2 Å². The summed E-state index contributed by atoms with van der Waals surface area (Å²) in [5.74, 6) is 0. The van der Waals surface area contributed by atoms with Crippen LogP contribution in [-0.2, 0) is 4.74 Å². The van der Waals surface area contributed by atoms with Crippen molar-refractivity contribution in [1.29, 1.82) is 0 Å². The number of hydrogen-bond donors (Lipinski definition) is 1. The number of rotatable bonds is 3. The van der Waals surface area contributed by atoms with E-state index in [1.165, 1.54) is 22.3 Å². The molecule has 2 nitrogen and oxygen atoms in total. The molecular weight excluding hydrogens is 234 g/mol. The second-order valence-electron chi connectivity index (χ2n) is 5.92. The first-order chi connectivity index (χ1) is 9.01. The van der Waals surface area contributed by atoms with Crippen molar-refractivity contribution in [3.8, 4) is 0 Å². The maximum atomic E-state index is 6.47. The quantitative estimate of drug-likeness (QED) is 0.893. The van der Waals surface area contributed by atoms with Gasteiger partial charge in [0.25, 0.3) is 0 Å². The van der Waals surface area contributed by atoms with Gasteiger partial charge in [0.2, 0.25) is 0 Å². The molecule has 1 N–H and O–H groups in total. The van der Waals surface area contributed by atoms with Crippen molar-refractivity contribution in [1.82, 2.24) is 5.32 Å². The minimum absolute atomic E-state index is 0.00808. The van der Waals surface area contributed by atoms with E-state index in [-0.39, 0.29) is 11.7 Å². The highest BCUT2D eigenvalue weighted by molar-refractivity contribution is 5.38. The van der Waals surface area contributed by atoms with E-state index in [0.29, 0.717) is 0 Å². The Labute approximate surface area is 117 Å². The third kappa shape index (κ3) is 2.85. The summed E-state index contributed by atoms with van der Waals surface area (Å²) in [6.45, 7) is 12.9. The summed E-state index contributed by atoms with van der Waals surface area (Å²) >= 11 is 0. The van der Waals surface area contributed by atoms with Gasteiger partial charge in [0.1, 0.15) is 0 Å². The number of benzene rings is 1. The lowest BCUT2D eigenvalue weighted by Gasteiger charge is -2.41. The van der Waals surface area contributed by atoms with E-state index < -0.39 is 0 Å². The molecule has 0 spiro atoms. The fourth-order valence-electron chi connectivity index (χ4n) is 2.99. The highest BCUT2D eigenvalue weighted by Gasteiger charge is 2.35. The monoisotopic (exact) mass is 261 g/mol. The largest absolute Gasteiger partial charge is 0.364 e. The van der Waals surface area contributed by atoms with E-state index >= 15 is 0 Å². The second-order valence-corrected chi connectivity index (χ2v) is 5.92. The lowest BCUT2D eigenvalue weighted by molar-refractivity contribution is -0.122. The van der Waals surface area contributed by atoms with E-state index in [0.717, 1.165) is 25.9 Å². The molecule has 1 heterocycles. The predicted molar refractivity (Wildman–Crippen MR) is 80.7 cm³/mol. The van der Waals surface area contributed by atoms with Gasteiger partial charge in [0.05, 0.1) is 11.7 Å². The topological polar surface area (TPSA) is 21.3 Å². The van der Waals surface area contributed by atoms with Crippen LogP contribution in [0.25, 0.3) is 0 Å². The molecule has 2 heteroatoms. The molecule has 0 amide bonds. The second kappa shape index (κ2) is 5.64. The van der Waals surface area contributed by atoms with Crippen LogP contribution >= 0.6 is 0 Å².